The van der Waals surface area contributed by atoms with E-state index >= 15 is 0 Å². The standard InChI is InChI=1S/C22H28F2O2/c1-13-9-8-10-16(20(23)24)19(13)26-15-11-14(2)18(22(6,7)25)17(12-15)21(3,4)5/h8-12,20,25H,1-7H3. The second-order valence-electron chi connectivity index (χ2n) is 8.37. The van der Waals surface area contributed by atoms with Crippen molar-refractivity contribution in [3.63, 3.8) is 0 Å². The summed E-state index contributed by atoms with van der Waals surface area (Å²) in [4.78, 5) is 0. The highest BCUT2D eigenvalue weighted by Crippen LogP contribution is 2.40. The largest absolute Gasteiger partial charge is 0.457 e. The lowest BCUT2D eigenvalue weighted by molar-refractivity contribution is 0.0758. The van der Waals surface area contributed by atoms with Crippen LogP contribution in [-0.2, 0) is 11.0 Å². The molecule has 2 aromatic rings. The maximum absolute atomic E-state index is 13.4. The van der Waals surface area contributed by atoms with Crippen LogP contribution in [-0.4, -0.2) is 5.11 Å². The van der Waals surface area contributed by atoms with Crippen LogP contribution in [0.5, 0.6) is 11.5 Å². The molecule has 2 nitrogen and oxygen atoms in total. The van der Waals surface area contributed by atoms with E-state index in [1.807, 2.05) is 13.0 Å². The van der Waals surface area contributed by atoms with Gasteiger partial charge in [0.05, 0.1) is 11.2 Å². The monoisotopic (exact) mass is 362 g/mol. The number of alkyl halides is 2. The van der Waals surface area contributed by atoms with Crippen molar-refractivity contribution in [2.45, 2.75) is 65.9 Å². The van der Waals surface area contributed by atoms with Gasteiger partial charge in [-0.05, 0) is 73.6 Å². The van der Waals surface area contributed by atoms with Gasteiger partial charge in [0.2, 0.25) is 0 Å². The van der Waals surface area contributed by atoms with E-state index < -0.39 is 12.0 Å². The lowest BCUT2D eigenvalue weighted by Gasteiger charge is -2.31. The minimum atomic E-state index is -2.61. The van der Waals surface area contributed by atoms with Crippen LogP contribution in [0.15, 0.2) is 30.3 Å². The second-order valence-corrected chi connectivity index (χ2v) is 8.37. The van der Waals surface area contributed by atoms with Gasteiger partial charge in [-0.15, -0.1) is 0 Å². The van der Waals surface area contributed by atoms with Gasteiger partial charge in [0.15, 0.2) is 0 Å². The second kappa shape index (κ2) is 6.99. The summed E-state index contributed by atoms with van der Waals surface area (Å²) in [5.41, 5.74) is 1.94. The van der Waals surface area contributed by atoms with Crippen molar-refractivity contribution in [2.24, 2.45) is 0 Å². The molecule has 0 aliphatic carbocycles. The summed E-state index contributed by atoms with van der Waals surface area (Å²) < 4.78 is 32.7. The lowest BCUT2D eigenvalue weighted by atomic mass is 9.77. The summed E-state index contributed by atoms with van der Waals surface area (Å²) in [5.74, 6) is 0.689. The van der Waals surface area contributed by atoms with E-state index in [0.29, 0.717) is 11.3 Å². The molecule has 26 heavy (non-hydrogen) atoms. The third-order valence-corrected chi connectivity index (χ3v) is 4.43. The Morgan fingerprint density at radius 1 is 0.962 bits per heavy atom. The van der Waals surface area contributed by atoms with E-state index in [0.717, 1.165) is 16.7 Å². The number of benzene rings is 2. The minimum Gasteiger partial charge on any atom is -0.457 e. The number of aliphatic hydroxyl groups is 1. The molecule has 0 heterocycles. The lowest BCUT2D eigenvalue weighted by Crippen LogP contribution is -2.25. The molecule has 142 valence electrons. The SMILES string of the molecule is Cc1cccc(C(F)F)c1Oc1cc(C)c(C(C)(C)O)c(C(C)(C)C)c1. The number of para-hydroxylation sites is 1. The highest BCUT2D eigenvalue weighted by Gasteiger charge is 2.29. The molecule has 0 bridgehead atoms. The summed E-state index contributed by atoms with van der Waals surface area (Å²) in [5, 5.41) is 10.6. The van der Waals surface area contributed by atoms with Gasteiger partial charge in [-0.3, -0.25) is 0 Å². The fourth-order valence-electron chi connectivity index (χ4n) is 3.32. The topological polar surface area (TPSA) is 29.5 Å². The van der Waals surface area contributed by atoms with Crippen molar-refractivity contribution in [3.05, 3.63) is 58.1 Å². The average Bonchev–Trinajstić information content (AvgIpc) is 2.46. The maximum atomic E-state index is 13.4. The highest BCUT2D eigenvalue weighted by atomic mass is 19.3. The Morgan fingerprint density at radius 3 is 2.08 bits per heavy atom. The van der Waals surface area contributed by atoms with Crippen LogP contribution in [0, 0.1) is 13.8 Å². The molecule has 0 aliphatic rings. The minimum absolute atomic E-state index is 0.119. The molecule has 1 N–H and O–H groups in total. The number of hydrogen-bond donors (Lipinski definition) is 1. The van der Waals surface area contributed by atoms with E-state index in [1.54, 1.807) is 39.0 Å². The molecule has 0 fully saturated rings. The van der Waals surface area contributed by atoms with Crippen LogP contribution in [0.2, 0.25) is 0 Å². The number of rotatable bonds is 4. The molecule has 0 saturated carbocycles. The van der Waals surface area contributed by atoms with Gasteiger partial charge in [-0.2, -0.15) is 0 Å². The number of halogens is 2. The smallest absolute Gasteiger partial charge is 0.267 e. The number of hydrogen-bond acceptors (Lipinski definition) is 2. The first-order valence-corrected chi connectivity index (χ1v) is 8.76. The molecule has 0 atom stereocenters. The van der Waals surface area contributed by atoms with Gasteiger partial charge < -0.3 is 9.84 Å². The van der Waals surface area contributed by atoms with E-state index in [2.05, 4.69) is 20.8 Å². The van der Waals surface area contributed by atoms with Gasteiger partial charge in [0.1, 0.15) is 11.5 Å². The molecule has 0 spiro atoms. The molecule has 2 rings (SSSR count). The molecule has 0 saturated heterocycles. The van der Waals surface area contributed by atoms with Gasteiger partial charge in [-0.25, -0.2) is 8.78 Å². The zero-order valence-corrected chi connectivity index (χ0v) is 16.6. The van der Waals surface area contributed by atoms with E-state index in [9.17, 15) is 13.9 Å². The Kier molecular flexibility index (Phi) is 5.48. The predicted molar refractivity (Wildman–Crippen MR) is 101 cm³/mol. The summed E-state index contributed by atoms with van der Waals surface area (Å²) in [7, 11) is 0. The summed E-state index contributed by atoms with van der Waals surface area (Å²) in [6.45, 7) is 13.3. The fraction of sp³-hybridized carbons (Fsp3) is 0.455. The fourth-order valence-corrected chi connectivity index (χ4v) is 3.32. The van der Waals surface area contributed by atoms with Crippen LogP contribution in [0.4, 0.5) is 8.78 Å². The molecular formula is C22H28F2O2. The Labute approximate surface area is 154 Å². The summed E-state index contributed by atoms with van der Waals surface area (Å²) in [6.07, 6.45) is -2.61. The van der Waals surface area contributed by atoms with Crippen molar-refractivity contribution < 1.29 is 18.6 Å². The van der Waals surface area contributed by atoms with Gasteiger partial charge >= 0.3 is 0 Å². The zero-order chi connectivity index (χ0) is 19.9. The first kappa shape index (κ1) is 20.4. The molecule has 0 unspecified atom stereocenters. The first-order chi connectivity index (χ1) is 11.8. The quantitative estimate of drug-likeness (QED) is 0.667. The van der Waals surface area contributed by atoms with Crippen molar-refractivity contribution in [3.8, 4) is 11.5 Å². The molecule has 0 radical (unpaired) electrons. The Hall–Kier alpha value is -1.94. The average molecular weight is 362 g/mol. The third kappa shape index (κ3) is 4.24. The first-order valence-electron chi connectivity index (χ1n) is 8.76. The van der Waals surface area contributed by atoms with Crippen LogP contribution in [0.25, 0.3) is 0 Å². The molecule has 0 amide bonds. The van der Waals surface area contributed by atoms with Crippen molar-refractivity contribution in [2.75, 3.05) is 0 Å². The molecule has 0 aromatic heterocycles. The van der Waals surface area contributed by atoms with Gasteiger partial charge in [0, 0.05) is 0 Å². The maximum Gasteiger partial charge on any atom is 0.267 e. The van der Waals surface area contributed by atoms with E-state index in [1.165, 1.54) is 6.07 Å². The van der Waals surface area contributed by atoms with Crippen molar-refractivity contribution in [1.29, 1.82) is 0 Å². The number of ether oxygens (including phenoxy) is 1. The van der Waals surface area contributed by atoms with Crippen LogP contribution in [0.3, 0.4) is 0 Å². The van der Waals surface area contributed by atoms with Crippen LogP contribution < -0.4 is 4.74 Å². The predicted octanol–water partition coefficient (Wildman–Crippen LogP) is 6.56. The normalized spacial score (nSPS) is 12.6. The molecular weight excluding hydrogens is 334 g/mol. The van der Waals surface area contributed by atoms with Crippen molar-refractivity contribution >= 4 is 0 Å². The Balaban J connectivity index is 2.63. The van der Waals surface area contributed by atoms with Crippen LogP contribution in [0.1, 0.15) is 68.9 Å². The molecule has 0 aliphatic heterocycles. The third-order valence-electron chi connectivity index (χ3n) is 4.43. The highest BCUT2D eigenvalue weighted by molar-refractivity contribution is 5.50. The number of aryl methyl sites for hydroxylation is 2. The molecule has 4 heteroatoms. The van der Waals surface area contributed by atoms with Crippen molar-refractivity contribution in [1.82, 2.24) is 0 Å². The molecule has 2 aromatic carbocycles. The van der Waals surface area contributed by atoms with E-state index in [4.69, 9.17) is 4.74 Å². The summed E-state index contributed by atoms with van der Waals surface area (Å²) >= 11 is 0. The van der Waals surface area contributed by atoms with E-state index in [-0.39, 0.29) is 16.7 Å². The van der Waals surface area contributed by atoms with Crippen LogP contribution >= 0.6 is 0 Å². The zero-order valence-electron chi connectivity index (χ0n) is 16.6. The Morgan fingerprint density at radius 2 is 1.58 bits per heavy atom. The Bertz CT molecular complexity index is 797. The van der Waals surface area contributed by atoms with Gasteiger partial charge in [-0.1, -0.05) is 32.9 Å². The summed E-state index contributed by atoms with van der Waals surface area (Å²) in [6, 6.07) is 8.39. The van der Waals surface area contributed by atoms with Gasteiger partial charge in [0.25, 0.3) is 6.43 Å².